The number of benzene rings is 3. The van der Waals surface area contributed by atoms with Crippen molar-refractivity contribution in [1.29, 1.82) is 0 Å². The van der Waals surface area contributed by atoms with Crippen LogP contribution in [0.2, 0.25) is 0 Å². The van der Waals surface area contributed by atoms with Crippen molar-refractivity contribution >= 4 is 10.8 Å². The van der Waals surface area contributed by atoms with Gasteiger partial charge < -0.3 is 0 Å². The molecule has 0 saturated carbocycles. The molecule has 0 saturated heterocycles. The molecule has 0 unspecified atom stereocenters. The van der Waals surface area contributed by atoms with E-state index in [-0.39, 0.29) is 11.6 Å². The van der Waals surface area contributed by atoms with Gasteiger partial charge in [0.05, 0.1) is 11.9 Å². The Bertz CT molecular complexity index is 1100. The second kappa shape index (κ2) is 7.28. The molecule has 0 aliphatic rings. The Labute approximate surface area is 157 Å². The van der Waals surface area contributed by atoms with Crippen LogP contribution in [0, 0.1) is 11.6 Å². The van der Waals surface area contributed by atoms with Gasteiger partial charge in [-0.25, -0.2) is 8.78 Å². The number of halogens is 2. The zero-order valence-corrected chi connectivity index (χ0v) is 15.0. The van der Waals surface area contributed by atoms with Crippen molar-refractivity contribution in [2.24, 2.45) is 0 Å². The van der Waals surface area contributed by atoms with Gasteiger partial charge in [-0.2, -0.15) is 0 Å². The number of hydrogen-bond donors (Lipinski definition) is 0. The van der Waals surface area contributed by atoms with Crippen LogP contribution in [0.5, 0.6) is 0 Å². The lowest BCUT2D eigenvalue weighted by molar-refractivity contribution is 0.631. The van der Waals surface area contributed by atoms with Gasteiger partial charge >= 0.3 is 0 Å². The maximum absolute atomic E-state index is 14.5. The van der Waals surface area contributed by atoms with Crippen molar-refractivity contribution in [2.75, 3.05) is 0 Å². The molecule has 0 atom stereocenters. The molecule has 3 aromatic carbocycles. The van der Waals surface area contributed by atoms with E-state index in [2.05, 4.69) is 11.9 Å². The molecule has 0 aliphatic carbocycles. The lowest BCUT2D eigenvalue weighted by Gasteiger charge is -2.10. The van der Waals surface area contributed by atoms with Gasteiger partial charge in [0.25, 0.3) is 0 Å². The molecule has 1 aromatic heterocycles. The normalized spacial score (nSPS) is 11.1. The Morgan fingerprint density at radius 3 is 2.22 bits per heavy atom. The van der Waals surface area contributed by atoms with E-state index in [1.54, 1.807) is 24.3 Å². The van der Waals surface area contributed by atoms with E-state index in [1.807, 2.05) is 36.4 Å². The van der Waals surface area contributed by atoms with Crippen LogP contribution in [0.15, 0.2) is 72.9 Å². The summed E-state index contributed by atoms with van der Waals surface area (Å²) in [6.07, 6.45) is 3.31. The Morgan fingerprint density at radius 2 is 1.48 bits per heavy atom. The first-order valence-corrected chi connectivity index (χ1v) is 9.10. The molecule has 134 valence electrons. The molecule has 4 rings (SSSR count). The SMILES string of the molecule is CCCc1ccc(-c2cc(-c3ncc(F)c4ccccc34)ccc2F)cc1. The van der Waals surface area contributed by atoms with E-state index >= 15 is 0 Å². The smallest absolute Gasteiger partial charge is 0.149 e. The third-order valence-electron chi connectivity index (χ3n) is 4.79. The first-order valence-electron chi connectivity index (χ1n) is 9.10. The van der Waals surface area contributed by atoms with Crippen molar-refractivity contribution in [2.45, 2.75) is 19.8 Å². The van der Waals surface area contributed by atoms with Gasteiger partial charge in [0.1, 0.15) is 11.6 Å². The number of pyridine rings is 1. The molecule has 0 spiro atoms. The summed E-state index contributed by atoms with van der Waals surface area (Å²) in [6, 6.07) is 20.1. The van der Waals surface area contributed by atoms with Gasteiger partial charge in [-0.05, 0) is 35.7 Å². The van der Waals surface area contributed by atoms with Crippen molar-refractivity contribution in [3.63, 3.8) is 0 Å². The number of fused-ring (bicyclic) bond motifs is 1. The zero-order valence-electron chi connectivity index (χ0n) is 15.0. The summed E-state index contributed by atoms with van der Waals surface area (Å²) in [7, 11) is 0. The molecule has 0 aliphatic heterocycles. The van der Waals surface area contributed by atoms with E-state index in [0.717, 1.165) is 24.0 Å². The van der Waals surface area contributed by atoms with Crippen molar-refractivity contribution in [3.8, 4) is 22.4 Å². The molecule has 0 N–H and O–H groups in total. The Morgan fingerprint density at radius 1 is 0.778 bits per heavy atom. The number of aromatic nitrogens is 1. The van der Waals surface area contributed by atoms with Crippen LogP contribution in [0.1, 0.15) is 18.9 Å². The first-order chi connectivity index (χ1) is 13.2. The van der Waals surface area contributed by atoms with E-state index in [0.29, 0.717) is 22.0 Å². The van der Waals surface area contributed by atoms with Crippen LogP contribution in [0.25, 0.3) is 33.2 Å². The molecule has 3 heteroatoms. The van der Waals surface area contributed by atoms with E-state index in [9.17, 15) is 8.78 Å². The number of rotatable bonds is 4. The van der Waals surface area contributed by atoms with E-state index in [4.69, 9.17) is 0 Å². The average molecular weight is 359 g/mol. The average Bonchev–Trinajstić information content (AvgIpc) is 2.70. The Balaban J connectivity index is 1.83. The molecule has 0 radical (unpaired) electrons. The third kappa shape index (κ3) is 3.33. The molecule has 0 fully saturated rings. The monoisotopic (exact) mass is 359 g/mol. The summed E-state index contributed by atoms with van der Waals surface area (Å²) in [6.45, 7) is 2.14. The van der Waals surface area contributed by atoms with Gasteiger partial charge in [0.2, 0.25) is 0 Å². The van der Waals surface area contributed by atoms with Crippen LogP contribution in [0.3, 0.4) is 0 Å². The van der Waals surface area contributed by atoms with Crippen molar-refractivity contribution < 1.29 is 8.78 Å². The van der Waals surface area contributed by atoms with E-state index < -0.39 is 0 Å². The lowest BCUT2D eigenvalue weighted by atomic mass is 9.97. The van der Waals surface area contributed by atoms with Gasteiger partial charge in [-0.1, -0.05) is 61.9 Å². The second-order valence-corrected chi connectivity index (χ2v) is 6.64. The minimum Gasteiger partial charge on any atom is -0.253 e. The Kier molecular flexibility index (Phi) is 4.68. The predicted octanol–water partition coefficient (Wildman–Crippen LogP) is 6.80. The molecule has 27 heavy (non-hydrogen) atoms. The highest BCUT2D eigenvalue weighted by Gasteiger charge is 2.12. The lowest BCUT2D eigenvalue weighted by Crippen LogP contribution is -1.92. The summed E-state index contributed by atoms with van der Waals surface area (Å²) in [5.74, 6) is -0.642. The van der Waals surface area contributed by atoms with Gasteiger partial charge in [0, 0.05) is 21.9 Å². The molecular formula is C24H19F2N. The molecular weight excluding hydrogens is 340 g/mol. The summed E-state index contributed by atoms with van der Waals surface area (Å²) < 4.78 is 28.6. The fraction of sp³-hybridized carbons (Fsp3) is 0.125. The summed E-state index contributed by atoms with van der Waals surface area (Å²) in [5.41, 5.74) is 3.99. The summed E-state index contributed by atoms with van der Waals surface area (Å²) >= 11 is 0. The fourth-order valence-corrected chi connectivity index (χ4v) is 3.42. The molecule has 4 aromatic rings. The number of nitrogens with zero attached hydrogens (tertiary/aromatic N) is 1. The van der Waals surface area contributed by atoms with Gasteiger partial charge in [-0.15, -0.1) is 0 Å². The van der Waals surface area contributed by atoms with E-state index in [1.165, 1.54) is 17.8 Å². The highest BCUT2D eigenvalue weighted by Crippen LogP contribution is 2.32. The second-order valence-electron chi connectivity index (χ2n) is 6.64. The van der Waals surface area contributed by atoms with Crippen LogP contribution >= 0.6 is 0 Å². The number of hydrogen-bond acceptors (Lipinski definition) is 1. The Hall–Kier alpha value is -3.07. The largest absolute Gasteiger partial charge is 0.253 e. The van der Waals surface area contributed by atoms with Gasteiger partial charge in [-0.3, -0.25) is 4.98 Å². The number of aryl methyl sites for hydroxylation is 1. The minimum absolute atomic E-state index is 0.284. The van der Waals surface area contributed by atoms with Crippen LogP contribution in [-0.2, 0) is 6.42 Å². The fourth-order valence-electron chi connectivity index (χ4n) is 3.42. The third-order valence-corrected chi connectivity index (χ3v) is 4.79. The molecule has 0 amide bonds. The standard InChI is InChI=1S/C24H19F2N/c1-2-5-16-8-10-17(11-9-16)21-14-18(12-13-22(21)25)24-20-7-4-3-6-19(20)23(26)15-27-24/h3-4,6-15H,2,5H2,1H3. The van der Waals surface area contributed by atoms with Crippen LogP contribution < -0.4 is 0 Å². The summed E-state index contributed by atoms with van der Waals surface area (Å²) in [5, 5.41) is 1.23. The van der Waals surface area contributed by atoms with Crippen molar-refractivity contribution in [1.82, 2.24) is 4.98 Å². The quantitative estimate of drug-likeness (QED) is 0.390. The maximum Gasteiger partial charge on any atom is 0.149 e. The highest BCUT2D eigenvalue weighted by atomic mass is 19.1. The molecule has 1 nitrogen and oxygen atoms in total. The minimum atomic E-state index is -0.358. The molecule has 1 heterocycles. The zero-order chi connectivity index (χ0) is 18.8. The van der Waals surface area contributed by atoms with Gasteiger partial charge in [0.15, 0.2) is 0 Å². The van der Waals surface area contributed by atoms with Crippen LogP contribution in [-0.4, -0.2) is 4.98 Å². The summed E-state index contributed by atoms with van der Waals surface area (Å²) in [4.78, 5) is 4.28. The van der Waals surface area contributed by atoms with Crippen molar-refractivity contribution in [3.05, 3.63) is 90.1 Å². The molecule has 0 bridgehead atoms. The topological polar surface area (TPSA) is 12.9 Å². The predicted molar refractivity (Wildman–Crippen MR) is 107 cm³/mol. The van der Waals surface area contributed by atoms with Crippen LogP contribution in [0.4, 0.5) is 8.78 Å². The highest BCUT2D eigenvalue weighted by molar-refractivity contribution is 5.95. The first kappa shape index (κ1) is 17.3. The maximum atomic E-state index is 14.5.